The Bertz CT molecular complexity index is 728. The molecule has 94 valence electrons. The molecule has 0 saturated carbocycles. The maximum atomic E-state index is 5.70. The van der Waals surface area contributed by atoms with Gasteiger partial charge in [0.1, 0.15) is 0 Å². The summed E-state index contributed by atoms with van der Waals surface area (Å²) in [5.41, 5.74) is 6.80. The zero-order valence-corrected chi connectivity index (χ0v) is 11.1. The molecule has 3 aromatic rings. The molecule has 0 radical (unpaired) electrons. The van der Waals surface area contributed by atoms with Crippen molar-refractivity contribution in [1.29, 1.82) is 0 Å². The number of rotatable bonds is 2. The average molecular weight is 319 g/mol. The van der Waals surface area contributed by atoms with Crippen LogP contribution in [0.1, 0.15) is 0 Å². The van der Waals surface area contributed by atoms with Gasteiger partial charge in [0, 0.05) is 34.8 Å². The molecule has 8 heteroatoms. The Morgan fingerprint density at radius 3 is 2.79 bits per heavy atom. The monoisotopic (exact) mass is 318 g/mol. The molecule has 0 amide bonds. The number of nitrogens with zero attached hydrogens (tertiary/aromatic N) is 5. The Balaban J connectivity index is 2.03. The zero-order valence-electron chi connectivity index (χ0n) is 9.49. The van der Waals surface area contributed by atoms with Crippen LogP contribution in [0.3, 0.4) is 0 Å². The van der Waals surface area contributed by atoms with Crippen LogP contribution in [-0.4, -0.2) is 25.1 Å². The van der Waals surface area contributed by atoms with Crippen LogP contribution in [0.5, 0.6) is 0 Å². The quantitative estimate of drug-likeness (QED) is 0.769. The van der Waals surface area contributed by atoms with Crippen molar-refractivity contribution in [2.24, 2.45) is 0 Å². The van der Waals surface area contributed by atoms with E-state index in [2.05, 4.69) is 41.0 Å². The molecular formula is C11H7BrN6O. The third-order valence-electron chi connectivity index (χ3n) is 2.32. The molecule has 7 nitrogen and oxygen atoms in total. The van der Waals surface area contributed by atoms with Crippen molar-refractivity contribution in [3.05, 3.63) is 35.3 Å². The van der Waals surface area contributed by atoms with Gasteiger partial charge in [-0.1, -0.05) is 5.16 Å². The van der Waals surface area contributed by atoms with Crippen molar-refractivity contribution in [3.63, 3.8) is 0 Å². The van der Waals surface area contributed by atoms with E-state index < -0.39 is 0 Å². The van der Waals surface area contributed by atoms with Crippen molar-refractivity contribution in [2.75, 3.05) is 5.73 Å². The first-order valence-corrected chi connectivity index (χ1v) is 6.05. The second-order valence-corrected chi connectivity index (χ2v) is 4.52. The minimum absolute atomic E-state index is 0.223. The lowest BCUT2D eigenvalue weighted by atomic mass is 10.3. The Morgan fingerprint density at radius 1 is 1.16 bits per heavy atom. The minimum atomic E-state index is 0.223. The van der Waals surface area contributed by atoms with Gasteiger partial charge in [0.15, 0.2) is 11.5 Å². The van der Waals surface area contributed by atoms with Crippen LogP contribution in [-0.2, 0) is 0 Å². The van der Waals surface area contributed by atoms with Crippen LogP contribution in [0.25, 0.3) is 23.0 Å². The number of hydrogen-bond donors (Lipinski definition) is 1. The van der Waals surface area contributed by atoms with E-state index in [0.29, 0.717) is 11.5 Å². The topological polar surface area (TPSA) is 104 Å². The molecule has 3 rings (SSSR count). The van der Waals surface area contributed by atoms with E-state index in [4.69, 9.17) is 10.3 Å². The molecule has 2 N–H and O–H groups in total. The Hall–Kier alpha value is -2.35. The largest absolute Gasteiger partial charge is 0.382 e. The van der Waals surface area contributed by atoms with Gasteiger partial charge in [-0.3, -0.25) is 4.98 Å². The second kappa shape index (κ2) is 4.73. The van der Waals surface area contributed by atoms with Crippen LogP contribution in [0.15, 0.2) is 39.8 Å². The first kappa shape index (κ1) is 11.7. The van der Waals surface area contributed by atoms with E-state index in [-0.39, 0.29) is 11.7 Å². The lowest BCUT2D eigenvalue weighted by Gasteiger charge is -1.96. The number of anilines is 1. The molecule has 0 fully saturated rings. The van der Waals surface area contributed by atoms with Crippen LogP contribution in [0.2, 0.25) is 0 Å². The number of aromatic nitrogens is 5. The maximum Gasteiger partial charge on any atom is 0.280 e. The molecule has 0 aliphatic heterocycles. The summed E-state index contributed by atoms with van der Waals surface area (Å²) in [5, 5.41) is 3.87. The van der Waals surface area contributed by atoms with Gasteiger partial charge in [-0.2, -0.15) is 4.98 Å². The SMILES string of the molecule is Nc1nccnc1-c1nc(-c2cncc(Br)c2)no1. The second-order valence-electron chi connectivity index (χ2n) is 3.61. The molecule has 19 heavy (non-hydrogen) atoms. The molecule has 0 spiro atoms. The first-order chi connectivity index (χ1) is 9.24. The summed E-state index contributed by atoms with van der Waals surface area (Å²) < 4.78 is 5.97. The van der Waals surface area contributed by atoms with E-state index in [9.17, 15) is 0 Å². The summed E-state index contributed by atoms with van der Waals surface area (Å²) in [6, 6.07) is 1.83. The van der Waals surface area contributed by atoms with Crippen LogP contribution < -0.4 is 5.73 Å². The Morgan fingerprint density at radius 2 is 2.00 bits per heavy atom. The minimum Gasteiger partial charge on any atom is -0.382 e. The highest BCUT2D eigenvalue weighted by Gasteiger charge is 2.15. The van der Waals surface area contributed by atoms with E-state index in [1.807, 2.05) is 6.07 Å². The molecule has 0 atom stereocenters. The fraction of sp³-hybridized carbons (Fsp3) is 0. The van der Waals surface area contributed by atoms with Crippen LogP contribution in [0.4, 0.5) is 5.82 Å². The molecule has 0 aliphatic rings. The third-order valence-corrected chi connectivity index (χ3v) is 2.75. The van der Waals surface area contributed by atoms with E-state index >= 15 is 0 Å². The van der Waals surface area contributed by atoms with Gasteiger partial charge in [-0.05, 0) is 22.0 Å². The molecule has 3 heterocycles. The molecule has 0 aliphatic carbocycles. The molecule has 0 aromatic carbocycles. The van der Waals surface area contributed by atoms with Crippen LogP contribution >= 0.6 is 15.9 Å². The average Bonchev–Trinajstić information content (AvgIpc) is 2.89. The van der Waals surface area contributed by atoms with Crippen molar-refractivity contribution >= 4 is 21.7 Å². The normalized spacial score (nSPS) is 10.6. The molecule has 0 bridgehead atoms. The van der Waals surface area contributed by atoms with E-state index in [0.717, 1.165) is 10.0 Å². The standard InChI is InChI=1S/C11H7BrN6O/c12-7-3-6(4-14-5-7)10-17-11(19-18-10)8-9(13)16-2-1-15-8/h1-5H,(H2,13,16). The lowest BCUT2D eigenvalue weighted by molar-refractivity contribution is 0.431. The van der Waals surface area contributed by atoms with Crippen molar-refractivity contribution in [1.82, 2.24) is 25.1 Å². The van der Waals surface area contributed by atoms with Gasteiger partial charge in [-0.25, -0.2) is 9.97 Å². The third kappa shape index (κ3) is 2.29. The van der Waals surface area contributed by atoms with E-state index in [1.165, 1.54) is 12.4 Å². The number of nitrogen functional groups attached to an aromatic ring is 1. The number of halogens is 1. The Kier molecular flexibility index (Phi) is 2.92. The predicted molar refractivity (Wildman–Crippen MR) is 70.7 cm³/mol. The van der Waals surface area contributed by atoms with Gasteiger partial charge in [0.2, 0.25) is 5.82 Å². The maximum absolute atomic E-state index is 5.70. The van der Waals surface area contributed by atoms with Crippen molar-refractivity contribution in [2.45, 2.75) is 0 Å². The number of pyridine rings is 1. The smallest absolute Gasteiger partial charge is 0.280 e. The van der Waals surface area contributed by atoms with Gasteiger partial charge in [0.25, 0.3) is 5.89 Å². The van der Waals surface area contributed by atoms with Gasteiger partial charge in [0.05, 0.1) is 0 Å². The summed E-state index contributed by atoms with van der Waals surface area (Å²) >= 11 is 3.33. The van der Waals surface area contributed by atoms with Gasteiger partial charge in [-0.15, -0.1) is 0 Å². The predicted octanol–water partition coefficient (Wildman–Crippen LogP) is 1.93. The van der Waals surface area contributed by atoms with E-state index in [1.54, 1.807) is 12.4 Å². The molecule has 3 aromatic heterocycles. The fourth-order valence-electron chi connectivity index (χ4n) is 1.48. The number of nitrogens with two attached hydrogens (primary N) is 1. The van der Waals surface area contributed by atoms with Crippen LogP contribution in [0, 0.1) is 0 Å². The van der Waals surface area contributed by atoms with Crippen molar-refractivity contribution < 1.29 is 4.52 Å². The fourth-order valence-corrected chi connectivity index (χ4v) is 1.85. The van der Waals surface area contributed by atoms with Gasteiger partial charge >= 0.3 is 0 Å². The number of hydrogen-bond acceptors (Lipinski definition) is 7. The first-order valence-electron chi connectivity index (χ1n) is 5.25. The summed E-state index contributed by atoms with van der Waals surface area (Å²) in [6.45, 7) is 0. The molecular weight excluding hydrogens is 312 g/mol. The summed E-state index contributed by atoms with van der Waals surface area (Å²) in [5.74, 6) is 0.875. The van der Waals surface area contributed by atoms with Gasteiger partial charge < -0.3 is 10.3 Å². The summed E-state index contributed by atoms with van der Waals surface area (Å²) in [7, 11) is 0. The zero-order chi connectivity index (χ0) is 13.2. The summed E-state index contributed by atoms with van der Waals surface area (Å²) in [6.07, 6.45) is 6.31. The van der Waals surface area contributed by atoms with Crippen molar-refractivity contribution in [3.8, 4) is 23.0 Å². The molecule has 0 unspecified atom stereocenters. The highest BCUT2D eigenvalue weighted by Crippen LogP contribution is 2.24. The summed E-state index contributed by atoms with van der Waals surface area (Å²) in [4.78, 5) is 16.3. The lowest BCUT2D eigenvalue weighted by Crippen LogP contribution is -1.96. The molecule has 0 saturated heterocycles. The highest BCUT2D eigenvalue weighted by molar-refractivity contribution is 9.10. The highest BCUT2D eigenvalue weighted by atomic mass is 79.9. The Labute approximate surface area is 116 Å².